The van der Waals surface area contributed by atoms with E-state index < -0.39 is 0 Å². The van der Waals surface area contributed by atoms with Crippen molar-refractivity contribution in [2.45, 2.75) is 41.5 Å². The second-order valence-electron chi connectivity index (χ2n) is 6.82. The van der Waals surface area contributed by atoms with Crippen LogP contribution in [0.4, 0.5) is 0 Å². The summed E-state index contributed by atoms with van der Waals surface area (Å²) >= 11 is 0. The van der Waals surface area contributed by atoms with E-state index in [0.717, 1.165) is 38.0 Å². The molecule has 2 heteroatoms. The van der Waals surface area contributed by atoms with Gasteiger partial charge in [-0.15, -0.1) is 0 Å². The van der Waals surface area contributed by atoms with Crippen LogP contribution in [0.5, 0.6) is 0 Å². The first-order valence-corrected chi connectivity index (χ1v) is 6.72. The molecule has 0 radical (unpaired) electrons. The van der Waals surface area contributed by atoms with E-state index in [2.05, 4.69) is 52.2 Å². The van der Waals surface area contributed by atoms with Gasteiger partial charge in [-0.25, -0.2) is 0 Å². The summed E-state index contributed by atoms with van der Waals surface area (Å²) in [5.74, 6) is 1.44. The van der Waals surface area contributed by atoms with Crippen molar-refractivity contribution in [3.8, 4) is 0 Å². The van der Waals surface area contributed by atoms with E-state index in [1.807, 2.05) is 0 Å². The smallest absolute Gasteiger partial charge is 0.00200 e. The zero-order valence-electron chi connectivity index (χ0n) is 12.0. The SMILES string of the molecule is CC(C)C1(C)CNCC(C)(C(C)C)CNC1. The predicted molar refractivity (Wildman–Crippen MR) is 71.6 cm³/mol. The van der Waals surface area contributed by atoms with Gasteiger partial charge in [0.15, 0.2) is 0 Å². The maximum absolute atomic E-state index is 3.69. The Morgan fingerprint density at radius 2 is 0.938 bits per heavy atom. The van der Waals surface area contributed by atoms with Crippen molar-refractivity contribution in [1.82, 2.24) is 10.6 Å². The molecule has 1 aliphatic rings. The van der Waals surface area contributed by atoms with Crippen molar-refractivity contribution < 1.29 is 0 Å². The topological polar surface area (TPSA) is 24.1 Å². The Morgan fingerprint density at radius 1 is 0.688 bits per heavy atom. The predicted octanol–water partition coefficient (Wildman–Crippen LogP) is 2.50. The normalized spacial score (nSPS) is 37.5. The third kappa shape index (κ3) is 2.98. The minimum absolute atomic E-state index is 0.387. The second kappa shape index (κ2) is 5.05. The minimum atomic E-state index is 0.387. The Hall–Kier alpha value is -0.0800. The molecule has 0 unspecified atom stereocenters. The van der Waals surface area contributed by atoms with Gasteiger partial charge in [0.25, 0.3) is 0 Å². The molecule has 0 aromatic carbocycles. The fraction of sp³-hybridized carbons (Fsp3) is 1.00. The van der Waals surface area contributed by atoms with Crippen LogP contribution >= 0.6 is 0 Å². The highest BCUT2D eigenvalue weighted by atomic mass is 15.0. The zero-order chi connectivity index (χ0) is 12.4. The maximum Gasteiger partial charge on any atom is 0.00200 e. The van der Waals surface area contributed by atoms with Crippen LogP contribution in [0.25, 0.3) is 0 Å². The fourth-order valence-corrected chi connectivity index (χ4v) is 2.21. The molecular formula is C14H30N2. The van der Waals surface area contributed by atoms with Crippen LogP contribution in [0.15, 0.2) is 0 Å². The number of hydrogen-bond donors (Lipinski definition) is 2. The summed E-state index contributed by atoms with van der Waals surface area (Å²) in [5, 5.41) is 7.38. The quantitative estimate of drug-likeness (QED) is 0.756. The highest BCUT2D eigenvalue weighted by Gasteiger charge is 2.34. The summed E-state index contributed by atoms with van der Waals surface area (Å²) in [6.07, 6.45) is 0. The fourth-order valence-electron chi connectivity index (χ4n) is 2.21. The Labute approximate surface area is 102 Å². The second-order valence-corrected chi connectivity index (χ2v) is 6.82. The molecule has 1 aliphatic heterocycles. The molecule has 1 saturated heterocycles. The lowest BCUT2D eigenvalue weighted by Gasteiger charge is -2.43. The molecular weight excluding hydrogens is 196 g/mol. The van der Waals surface area contributed by atoms with E-state index in [4.69, 9.17) is 0 Å². The lowest BCUT2D eigenvalue weighted by Crippen LogP contribution is -2.54. The van der Waals surface area contributed by atoms with Crippen LogP contribution in [0.2, 0.25) is 0 Å². The highest BCUT2D eigenvalue weighted by molar-refractivity contribution is 4.90. The summed E-state index contributed by atoms with van der Waals surface area (Å²) in [4.78, 5) is 0. The van der Waals surface area contributed by atoms with E-state index >= 15 is 0 Å². The minimum Gasteiger partial charge on any atom is -0.316 e. The third-order valence-corrected chi connectivity index (χ3v) is 4.90. The lowest BCUT2D eigenvalue weighted by atomic mass is 9.74. The van der Waals surface area contributed by atoms with Crippen LogP contribution in [-0.4, -0.2) is 26.2 Å². The molecule has 2 nitrogen and oxygen atoms in total. The Balaban J connectivity index is 2.63. The van der Waals surface area contributed by atoms with Crippen molar-refractivity contribution in [1.29, 1.82) is 0 Å². The van der Waals surface area contributed by atoms with E-state index in [1.54, 1.807) is 0 Å². The van der Waals surface area contributed by atoms with Gasteiger partial charge in [-0.3, -0.25) is 0 Å². The summed E-state index contributed by atoms with van der Waals surface area (Å²) in [5.41, 5.74) is 0.774. The molecule has 16 heavy (non-hydrogen) atoms. The van der Waals surface area contributed by atoms with Crippen LogP contribution in [-0.2, 0) is 0 Å². The summed E-state index contributed by atoms with van der Waals surface area (Å²) < 4.78 is 0. The molecule has 0 aromatic rings. The van der Waals surface area contributed by atoms with Crippen molar-refractivity contribution in [2.24, 2.45) is 22.7 Å². The largest absolute Gasteiger partial charge is 0.316 e. The standard InChI is InChI=1S/C14H30N2/c1-11(2)13(5)7-15-9-14(6,12(3)4)10-16-8-13/h11-12,15-16H,7-10H2,1-6H3. The molecule has 0 saturated carbocycles. The average Bonchev–Trinajstić information content (AvgIpc) is 2.14. The molecule has 1 fully saturated rings. The van der Waals surface area contributed by atoms with E-state index in [-0.39, 0.29) is 0 Å². The average molecular weight is 226 g/mol. The van der Waals surface area contributed by atoms with Crippen LogP contribution in [0.1, 0.15) is 41.5 Å². The van der Waals surface area contributed by atoms with Crippen molar-refractivity contribution >= 4 is 0 Å². The molecule has 2 N–H and O–H groups in total. The molecule has 0 aromatic heterocycles. The van der Waals surface area contributed by atoms with Gasteiger partial charge in [-0.1, -0.05) is 41.5 Å². The van der Waals surface area contributed by atoms with Crippen LogP contribution in [0.3, 0.4) is 0 Å². The first-order chi connectivity index (χ1) is 7.30. The van der Waals surface area contributed by atoms with Gasteiger partial charge in [0.1, 0.15) is 0 Å². The molecule has 1 rings (SSSR count). The number of rotatable bonds is 2. The molecule has 96 valence electrons. The van der Waals surface area contributed by atoms with Crippen LogP contribution < -0.4 is 10.6 Å². The molecule has 1 heterocycles. The van der Waals surface area contributed by atoms with Crippen LogP contribution in [0, 0.1) is 22.7 Å². The number of nitrogens with one attached hydrogen (secondary N) is 2. The maximum atomic E-state index is 3.69. The van der Waals surface area contributed by atoms with Crippen molar-refractivity contribution in [3.05, 3.63) is 0 Å². The molecule has 0 spiro atoms. The molecule has 0 aliphatic carbocycles. The van der Waals surface area contributed by atoms with Gasteiger partial charge in [-0.2, -0.15) is 0 Å². The van der Waals surface area contributed by atoms with Gasteiger partial charge in [-0.05, 0) is 22.7 Å². The van der Waals surface area contributed by atoms with E-state index in [0.29, 0.717) is 10.8 Å². The summed E-state index contributed by atoms with van der Waals surface area (Å²) in [6, 6.07) is 0. The van der Waals surface area contributed by atoms with Gasteiger partial charge in [0.05, 0.1) is 0 Å². The monoisotopic (exact) mass is 226 g/mol. The zero-order valence-corrected chi connectivity index (χ0v) is 12.0. The van der Waals surface area contributed by atoms with Gasteiger partial charge < -0.3 is 10.6 Å². The molecule has 0 bridgehead atoms. The first kappa shape index (κ1) is 14.0. The van der Waals surface area contributed by atoms with E-state index in [9.17, 15) is 0 Å². The number of hydrogen-bond acceptors (Lipinski definition) is 2. The molecule has 0 atom stereocenters. The highest BCUT2D eigenvalue weighted by Crippen LogP contribution is 2.30. The van der Waals surface area contributed by atoms with Crippen molar-refractivity contribution in [2.75, 3.05) is 26.2 Å². The van der Waals surface area contributed by atoms with E-state index in [1.165, 1.54) is 0 Å². The summed E-state index contributed by atoms with van der Waals surface area (Å²) in [6.45, 7) is 18.6. The Morgan fingerprint density at radius 3 is 1.12 bits per heavy atom. The Bertz CT molecular complexity index is 189. The van der Waals surface area contributed by atoms with Gasteiger partial charge in [0, 0.05) is 26.2 Å². The van der Waals surface area contributed by atoms with Crippen molar-refractivity contribution in [3.63, 3.8) is 0 Å². The lowest BCUT2D eigenvalue weighted by molar-refractivity contribution is 0.125. The molecule has 0 amide bonds. The van der Waals surface area contributed by atoms with Gasteiger partial charge >= 0.3 is 0 Å². The Kier molecular flexibility index (Phi) is 4.42. The van der Waals surface area contributed by atoms with Gasteiger partial charge in [0.2, 0.25) is 0 Å². The first-order valence-electron chi connectivity index (χ1n) is 6.72. The third-order valence-electron chi connectivity index (χ3n) is 4.90. The summed E-state index contributed by atoms with van der Waals surface area (Å²) in [7, 11) is 0.